The van der Waals surface area contributed by atoms with E-state index in [0.29, 0.717) is 34.3 Å². The molecule has 1 saturated carbocycles. The van der Waals surface area contributed by atoms with Crippen molar-refractivity contribution in [3.8, 4) is 12.3 Å². The molecule has 7 nitrogen and oxygen atoms in total. The average molecular weight is 534 g/mol. The molecule has 0 saturated heterocycles. The van der Waals surface area contributed by atoms with Crippen LogP contribution in [-0.2, 0) is 6.42 Å². The Morgan fingerprint density at radius 2 is 2.08 bits per heavy atom. The fourth-order valence-electron chi connectivity index (χ4n) is 4.56. The molecule has 0 unspecified atom stereocenters. The topological polar surface area (TPSA) is 77.1 Å². The Balaban J connectivity index is 1.59. The van der Waals surface area contributed by atoms with Crippen molar-refractivity contribution in [1.29, 1.82) is 0 Å². The van der Waals surface area contributed by atoms with Crippen molar-refractivity contribution in [2.75, 3.05) is 17.2 Å². The lowest BCUT2D eigenvalue weighted by atomic mass is 9.96. The number of nitrogens with one attached hydrogen (secondary N) is 4. The first-order chi connectivity index (χ1) is 18.2. The summed E-state index contributed by atoms with van der Waals surface area (Å²) in [5.41, 5.74) is 12.0. The highest BCUT2D eigenvalue weighted by Gasteiger charge is 2.33. The zero-order valence-electron chi connectivity index (χ0n) is 22.1. The summed E-state index contributed by atoms with van der Waals surface area (Å²) in [5.74, 6) is 2.26. The van der Waals surface area contributed by atoms with Gasteiger partial charge in [-0.1, -0.05) is 51.3 Å². The van der Waals surface area contributed by atoms with Gasteiger partial charge in [-0.15, -0.1) is 12.0 Å². The second-order valence-corrected chi connectivity index (χ2v) is 11.4. The lowest BCUT2D eigenvalue weighted by Gasteiger charge is -2.24. The summed E-state index contributed by atoms with van der Waals surface area (Å²) in [6.07, 6.45) is 12.5. The highest BCUT2D eigenvalue weighted by Crippen LogP contribution is 2.37. The van der Waals surface area contributed by atoms with Crippen LogP contribution in [0.3, 0.4) is 0 Å². The van der Waals surface area contributed by atoms with Crippen LogP contribution in [0.15, 0.2) is 42.4 Å². The number of aromatic nitrogens is 2. The Kier molecular flexibility index (Phi) is 7.08. The van der Waals surface area contributed by atoms with Crippen LogP contribution < -0.4 is 21.6 Å². The number of pyridine rings is 2. The highest BCUT2D eigenvalue weighted by atomic mass is 35.5. The van der Waals surface area contributed by atoms with Gasteiger partial charge in [0.2, 0.25) is 5.95 Å². The molecular formula is C29H33ClFN7. The molecule has 5 rings (SSSR count). The molecule has 0 amide bonds. The van der Waals surface area contributed by atoms with Crippen LogP contribution in [0.4, 0.5) is 15.8 Å². The molecule has 1 fully saturated rings. The maximum atomic E-state index is 14.0. The third-order valence-electron chi connectivity index (χ3n) is 6.67. The summed E-state index contributed by atoms with van der Waals surface area (Å²) in [7, 11) is 0. The van der Waals surface area contributed by atoms with Crippen molar-refractivity contribution >= 4 is 33.9 Å². The fourth-order valence-corrected chi connectivity index (χ4v) is 4.83. The number of nitrogens with zero attached hydrogens (tertiary/aromatic N) is 3. The molecule has 1 aliphatic carbocycles. The molecule has 2 aliphatic rings. The molecule has 3 heterocycles. The Hall–Kier alpha value is -3.54. The van der Waals surface area contributed by atoms with Crippen LogP contribution in [0.5, 0.6) is 0 Å². The van der Waals surface area contributed by atoms with Gasteiger partial charge >= 0.3 is 0 Å². The number of hydrogen-bond acceptors (Lipinski definition) is 7. The van der Waals surface area contributed by atoms with Crippen LogP contribution in [0.2, 0.25) is 5.02 Å². The average Bonchev–Trinajstić information content (AvgIpc) is 3.62. The van der Waals surface area contributed by atoms with E-state index in [1.807, 2.05) is 19.1 Å². The predicted octanol–water partition coefficient (Wildman–Crippen LogP) is 5.91. The minimum atomic E-state index is -0.494. The fraction of sp³-hybridized carbons (Fsp3) is 0.379. The SMILES string of the molecule is C#Cc1cnc2c(Cl)cc(N[C@H](C3=CN(C4CC4)NN3)c3ccc(F)nc3CC)cc2c1NCC(C)(C)C. The lowest BCUT2D eigenvalue weighted by Crippen LogP contribution is -2.38. The van der Waals surface area contributed by atoms with E-state index in [4.69, 9.17) is 18.0 Å². The molecule has 0 bridgehead atoms. The van der Waals surface area contributed by atoms with E-state index in [1.54, 1.807) is 12.3 Å². The summed E-state index contributed by atoms with van der Waals surface area (Å²) in [6.45, 7) is 9.17. The summed E-state index contributed by atoms with van der Waals surface area (Å²) >= 11 is 6.77. The van der Waals surface area contributed by atoms with Crippen molar-refractivity contribution in [1.82, 2.24) is 25.9 Å². The summed E-state index contributed by atoms with van der Waals surface area (Å²) in [4.78, 5) is 8.73. The number of benzene rings is 1. The van der Waals surface area contributed by atoms with E-state index in [0.717, 1.165) is 47.4 Å². The number of fused-ring (bicyclic) bond motifs is 1. The second-order valence-electron chi connectivity index (χ2n) is 11.0. The van der Waals surface area contributed by atoms with Gasteiger partial charge in [0.05, 0.1) is 33.5 Å². The van der Waals surface area contributed by atoms with Crippen LogP contribution >= 0.6 is 11.6 Å². The van der Waals surface area contributed by atoms with Gasteiger partial charge in [0, 0.05) is 47.3 Å². The number of aryl methyl sites for hydroxylation is 1. The molecule has 1 aliphatic heterocycles. The Labute approximate surface area is 228 Å². The van der Waals surface area contributed by atoms with Gasteiger partial charge in [-0.3, -0.25) is 9.99 Å². The Bertz CT molecular complexity index is 1440. The number of hydrazine groups is 2. The first-order valence-corrected chi connectivity index (χ1v) is 13.3. The largest absolute Gasteiger partial charge is 0.383 e. The molecule has 1 aromatic carbocycles. The van der Waals surface area contributed by atoms with Gasteiger partial charge in [0.15, 0.2) is 0 Å². The third-order valence-corrected chi connectivity index (χ3v) is 6.96. The van der Waals surface area contributed by atoms with Gasteiger partial charge in [-0.2, -0.15) is 4.39 Å². The maximum absolute atomic E-state index is 14.0. The van der Waals surface area contributed by atoms with E-state index in [2.05, 4.69) is 69.5 Å². The standard InChI is InChI=1S/C29H33ClFN7/c1-6-17-14-32-27-21(26(17)33-16-29(3,4)5)12-18(13-22(27)30)34-28(20-10-11-25(31)35-23(20)7-2)24-15-38(37-36-24)19-8-9-19/h1,10-15,19,28,34,36-37H,7-9,16H2,2-5H3,(H,32,33)/t28-/m0/s1. The smallest absolute Gasteiger partial charge is 0.213 e. The van der Waals surface area contributed by atoms with Crippen LogP contribution in [-0.4, -0.2) is 27.6 Å². The summed E-state index contributed by atoms with van der Waals surface area (Å²) in [6, 6.07) is 7.19. The van der Waals surface area contributed by atoms with Gasteiger partial charge in [-0.25, -0.2) is 4.98 Å². The zero-order chi connectivity index (χ0) is 27.0. The van der Waals surface area contributed by atoms with E-state index in [1.165, 1.54) is 6.07 Å². The quantitative estimate of drug-likeness (QED) is 0.212. The minimum absolute atomic E-state index is 0.0411. The first-order valence-electron chi connectivity index (χ1n) is 12.9. The molecule has 9 heteroatoms. The van der Waals surface area contributed by atoms with Crippen LogP contribution in [0.1, 0.15) is 63.4 Å². The van der Waals surface area contributed by atoms with E-state index < -0.39 is 5.95 Å². The van der Waals surface area contributed by atoms with Crippen LogP contribution in [0, 0.1) is 23.7 Å². The monoisotopic (exact) mass is 533 g/mol. The van der Waals surface area contributed by atoms with Crippen molar-refractivity contribution in [3.05, 3.63) is 70.2 Å². The Morgan fingerprint density at radius 1 is 1.29 bits per heavy atom. The molecule has 1 atom stereocenters. The highest BCUT2D eigenvalue weighted by molar-refractivity contribution is 6.35. The molecule has 2 aromatic heterocycles. The van der Waals surface area contributed by atoms with E-state index in [9.17, 15) is 4.39 Å². The van der Waals surface area contributed by atoms with Crippen LogP contribution in [0.25, 0.3) is 10.9 Å². The van der Waals surface area contributed by atoms with Crippen molar-refractivity contribution < 1.29 is 4.39 Å². The van der Waals surface area contributed by atoms with Gasteiger partial charge in [-0.05, 0) is 42.9 Å². The molecule has 4 N–H and O–H groups in total. The lowest BCUT2D eigenvalue weighted by molar-refractivity contribution is 0.260. The number of terminal acetylenes is 1. The number of halogens is 2. The third kappa shape index (κ3) is 5.50. The van der Waals surface area contributed by atoms with Crippen molar-refractivity contribution in [3.63, 3.8) is 0 Å². The van der Waals surface area contributed by atoms with E-state index >= 15 is 0 Å². The zero-order valence-corrected chi connectivity index (χ0v) is 22.9. The molecule has 3 aromatic rings. The molecular weight excluding hydrogens is 501 g/mol. The summed E-state index contributed by atoms with van der Waals surface area (Å²) in [5, 5.41) is 10.6. The molecule has 0 spiro atoms. The molecule has 38 heavy (non-hydrogen) atoms. The van der Waals surface area contributed by atoms with Gasteiger partial charge in [0.1, 0.15) is 0 Å². The number of rotatable bonds is 8. The Morgan fingerprint density at radius 3 is 2.76 bits per heavy atom. The molecule has 0 radical (unpaired) electrons. The predicted molar refractivity (Wildman–Crippen MR) is 152 cm³/mol. The number of hydrogen-bond donors (Lipinski definition) is 4. The minimum Gasteiger partial charge on any atom is -0.383 e. The maximum Gasteiger partial charge on any atom is 0.213 e. The van der Waals surface area contributed by atoms with Crippen molar-refractivity contribution in [2.24, 2.45) is 5.41 Å². The molecule has 198 valence electrons. The first kappa shape index (κ1) is 26.1. The van der Waals surface area contributed by atoms with Gasteiger partial charge < -0.3 is 16.1 Å². The normalized spacial score (nSPS) is 16.1. The van der Waals surface area contributed by atoms with Gasteiger partial charge in [0.25, 0.3) is 0 Å². The van der Waals surface area contributed by atoms with Crippen molar-refractivity contribution in [2.45, 2.75) is 59.0 Å². The summed E-state index contributed by atoms with van der Waals surface area (Å²) < 4.78 is 14.0. The van der Waals surface area contributed by atoms with E-state index in [-0.39, 0.29) is 11.5 Å². The second kappa shape index (κ2) is 10.3. The number of anilines is 2.